The van der Waals surface area contributed by atoms with Gasteiger partial charge in [-0.2, -0.15) is 0 Å². The first-order valence-corrected chi connectivity index (χ1v) is 7.94. The van der Waals surface area contributed by atoms with Crippen molar-refractivity contribution in [1.29, 1.82) is 0 Å². The molecule has 3 heterocycles. The molecule has 5 nitrogen and oxygen atoms in total. The first kappa shape index (κ1) is 14.9. The highest BCUT2D eigenvalue weighted by atomic mass is 16.5. The zero-order chi connectivity index (χ0) is 16.7. The van der Waals surface area contributed by atoms with Crippen LogP contribution in [0, 0.1) is 13.8 Å². The van der Waals surface area contributed by atoms with Gasteiger partial charge in [0.1, 0.15) is 18.1 Å². The van der Waals surface area contributed by atoms with Crippen LogP contribution in [-0.2, 0) is 13.1 Å². The summed E-state index contributed by atoms with van der Waals surface area (Å²) in [5.41, 5.74) is 3.88. The molecule has 0 amide bonds. The first-order valence-electron chi connectivity index (χ1n) is 7.94. The molecular formula is C19H18N2O3. The van der Waals surface area contributed by atoms with Crippen LogP contribution < -0.4 is 10.4 Å². The van der Waals surface area contributed by atoms with Crippen LogP contribution in [0.3, 0.4) is 0 Å². The second-order valence-corrected chi connectivity index (χ2v) is 6.14. The average molecular weight is 322 g/mol. The number of rotatable bonds is 2. The Morgan fingerprint density at radius 1 is 1.17 bits per heavy atom. The van der Waals surface area contributed by atoms with E-state index in [-0.39, 0.29) is 5.63 Å². The normalized spacial score (nSPS) is 14.4. The summed E-state index contributed by atoms with van der Waals surface area (Å²) in [5.74, 6) is 0.783. The van der Waals surface area contributed by atoms with Gasteiger partial charge in [0.15, 0.2) is 0 Å². The van der Waals surface area contributed by atoms with Crippen molar-refractivity contribution in [2.45, 2.75) is 26.9 Å². The highest BCUT2D eigenvalue weighted by molar-refractivity contribution is 5.85. The zero-order valence-corrected chi connectivity index (χ0v) is 13.7. The fourth-order valence-electron chi connectivity index (χ4n) is 3.08. The number of pyridine rings is 1. The maximum absolute atomic E-state index is 12.1. The van der Waals surface area contributed by atoms with Gasteiger partial charge in [0.05, 0.1) is 11.3 Å². The fourth-order valence-corrected chi connectivity index (χ4v) is 3.08. The lowest BCUT2D eigenvalue weighted by Gasteiger charge is -2.29. The lowest BCUT2D eigenvalue weighted by molar-refractivity contribution is 0.0878. The summed E-state index contributed by atoms with van der Waals surface area (Å²) in [6, 6.07) is 9.79. The molecule has 0 aliphatic carbocycles. The molecule has 0 radical (unpaired) electrons. The van der Waals surface area contributed by atoms with Crippen LogP contribution in [0.4, 0.5) is 0 Å². The number of aromatic nitrogens is 1. The summed E-state index contributed by atoms with van der Waals surface area (Å²) in [7, 11) is 0. The Bertz CT molecular complexity index is 964. The summed E-state index contributed by atoms with van der Waals surface area (Å²) in [4.78, 5) is 18.6. The van der Waals surface area contributed by atoms with E-state index in [4.69, 9.17) is 9.15 Å². The van der Waals surface area contributed by atoms with E-state index in [0.29, 0.717) is 31.0 Å². The van der Waals surface area contributed by atoms with Gasteiger partial charge >= 0.3 is 5.63 Å². The number of fused-ring (bicyclic) bond motifs is 3. The Kier molecular flexibility index (Phi) is 3.58. The Hall–Kier alpha value is -2.66. The third-order valence-electron chi connectivity index (χ3n) is 4.58. The van der Waals surface area contributed by atoms with Gasteiger partial charge in [-0.3, -0.25) is 9.88 Å². The van der Waals surface area contributed by atoms with E-state index in [9.17, 15) is 4.79 Å². The molecule has 1 aromatic carbocycles. The van der Waals surface area contributed by atoms with Gasteiger partial charge in [0.25, 0.3) is 0 Å². The van der Waals surface area contributed by atoms with E-state index in [1.54, 1.807) is 13.1 Å². The van der Waals surface area contributed by atoms with Crippen molar-refractivity contribution >= 4 is 11.0 Å². The Labute approximate surface area is 139 Å². The van der Waals surface area contributed by atoms with E-state index in [1.807, 2.05) is 37.3 Å². The SMILES string of the molecule is Cc1c(C)c2ccc3c(c2oc1=O)CN(Cc1ccccn1)CO3. The summed E-state index contributed by atoms with van der Waals surface area (Å²) >= 11 is 0. The molecule has 0 fully saturated rings. The Morgan fingerprint density at radius 2 is 2.04 bits per heavy atom. The van der Waals surface area contributed by atoms with Gasteiger partial charge in [-0.25, -0.2) is 4.79 Å². The van der Waals surface area contributed by atoms with E-state index >= 15 is 0 Å². The van der Waals surface area contributed by atoms with E-state index in [2.05, 4.69) is 9.88 Å². The van der Waals surface area contributed by atoms with Gasteiger partial charge in [0.2, 0.25) is 0 Å². The fraction of sp³-hybridized carbons (Fsp3) is 0.263. The quantitative estimate of drug-likeness (QED) is 0.678. The predicted octanol–water partition coefficient (Wildman–Crippen LogP) is 3.16. The number of benzene rings is 1. The minimum atomic E-state index is -0.282. The number of aryl methyl sites for hydroxylation is 1. The van der Waals surface area contributed by atoms with Gasteiger partial charge in [-0.05, 0) is 43.7 Å². The molecule has 1 aliphatic heterocycles. The molecular weight excluding hydrogens is 304 g/mol. The Morgan fingerprint density at radius 3 is 2.83 bits per heavy atom. The largest absolute Gasteiger partial charge is 0.478 e. The molecule has 0 N–H and O–H groups in total. The van der Waals surface area contributed by atoms with Gasteiger partial charge in [0, 0.05) is 30.2 Å². The summed E-state index contributed by atoms with van der Waals surface area (Å²) in [5, 5.41) is 0.967. The predicted molar refractivity (Wildman–Crippen MR) is 90.9 cm³/mol. The lowest BCUT2D eigenvalue weighted by Crippen LogP contribution is -2.32. The lowest BCUT2D eigenvalue weighted by atomic mass is 10.0. The van der Waals surface area contributed by atoms with E-state index < -0.39 is 0 Å². The molecule has 0 saturated heterocycles. The molecule has 5 heteroatoms. The smallest absolute Gasteiger partial charge is 0.339 e. The van der Waals surface area contributed by atoms with Crippen LogP contribution in [0.1, 0.15) is 22.4 Å². The topological polar surface area (TPSA) is 55.6 Å². The number of nitrogens with zero attached hydrogens (tertiary/aromatic N) is 2. The first-order chi connectivity index (χ1) is 11.6. The van der Waals surface area contributed by atoms with E-state index in [1.165, 1.54) is 0 Å². The van der Waals surface area contributed by atoms with Crippen LogP contribution in [-0.4, -0.2) is 16.6 Å². The molecule has 0 atom stereocenters. The summed E-state index contributed by atoms with van der Waals surface area (Å²) in [6.45, 7) is 5.59. The van der Waals surface area contributed by atoms with Crippen LogP contribution in [0.5, 0.6) is 5.75 Å². The number of hydrogen-bond acceptors (Lipinski definition) is 5. The molecule has 1 aliphatic rings. The molecule has 0 saturated carbocycles. The molecule has 122 valence electrons. The van der Waals surface area contributed by atoms with Gasteiger partial charge < -0.3 is 9.15 Å². The van der Waals surface area contributed by atoms with Crippen LogP contribution in [0.25, 0.3) is 11.0 Å². The summed E-state index contributed by atoms with van der Waals surface area (Å²) in [6.07, 6.45) is 1.79. The maximum Gasteiger partial charge on any atom is 0.339 e. The highest BCUT2D eigenvalue weighted by Gasteiger charge is 2.23. The summed E-state index contributed by atoms with van der Waals surface area (Å²) < 4.78 is 11.5. The molecule has 2 aromatic heterocycles. The minimum absolute atomic E-state index is 0.282. The van der Waals surface area contributed by atoms with Crippen molar-refractivity contribution < 1.29 is 9.15 Å². The van der Waals surface area contributed by atoms with Crippen molar-refractivity contribution in [3.63, 3.8) is 0 Å². The molecule has 0 bridgehead atoms. The highest BCUT2D eigenvalue weighted by Crippen LogP contribution is 2.33. The number of ether oxygens (including phenoxy) is 1. The molecule has 4 rings (SSSR count). The minimum Gasteiger partial charge on any atom is -0.478 e. The van der Waals surface area contributed by atoms with Gasteiger partial charge in [-0.15, -0.1) is 0 Å². The van der Waals surface area contributed by atoms with E-state index in [0.717, 1.165) is 28.0 Å². The van der Waals surface area contributed by atoms with Crippen molar-refractivity contribution in [2.75, 3.05) is 6.73 Å². The standard InChI is InChI=1S/C19H18N2O3/c1-12-13(2)19(22)24-18-15(12)6-7-17-16(18)10-21(11-23-17)9-14-5-3-4-8-20-14/h3-8H,9-11H2,1-2H3. The van der Waals surface area contributed by atoms with Crippen molar-refractivity contribution in [3.8, 4) is 5.75 Å². The zero-order valence-electron chi connectivity index (χ0n) is 13.7. The van der Waals surface area contributed by atoms with Crippen LogP contribution >= 0.6 is 0 Å². The Balaban J connectivity index is 1.75. The molecule has 3 aromatic rings. The van der Waals surface area contributed by atoms with Crippen molar-refractivity contribution in [1.82, 2.24) is 9.88 Å². The average Bonchev–Trinajstić information content (AvgIpc) is 2.60. The van der Waals surface area contributed by atoms with Gasteiger partial charge in [-0.1, -0.05) is 6.07 Å². The molecule has 0 spiro atoms. The number of hydrogen-bond donors (Lipinski definition) is 0. The third kappa shape index (κ3) is 2.47. The second-order valence-electron chi connectivity index (χ2n) is 6.14. The van der Waals surface area contributed by atoms with Crippen molar-refractivity contribution in [2.24, 2.45) is 0 Å². The second kappa shape index (κ2) is 5.76. The third-order valence-corrected chi connectivity index (χ3v) is 4.58. The van der Waals surface area contributed by atoms with Crippen LogP contribution in [0.15, 0.2) is 45.7 Å². The van der Waals surface area contributed by atoms with Crippen molar-refractivity contribution in [3.05, 3.63) is 69.3 Å². The molecule has 24 heavy (non-hydrogen) atoms. The molecule has 0 unspecified atom stereocenters. The van der Waals surface area contributed by atoms with Crippen LogP contribution in [0.2, 0.25) is 0 Å². The monoisotopic (exact) mass is 322 g/mol. The maximum atomic E-state index is 12.1.